The molecule has 1 N–H and O–H groups in total. The molecule has 2 amide bonds. The van der Waals surface area contributed by atoms with Crippen molar-refractivity contribution in [2.24, 2.45) is 5.41 Å². The highest BCUT2D eigenvalue weighted by Gasteiger charge is 2.36. The van der Waals surface area contributed by atoms with E-state index in [1.807, 2.05) is 26.0 Å². The number of furan rings is 1. The van der Waals surface area contributed by atoms with Crippen LogP contribution in [0.5, 0.6) is 0 Å². The van der Waals surface area contributed by atoms with Crippen LogP contribution in [0.15, 0.2) is 21.1 Å². The van der Waals surface area contributed by atoms with Gasteiger partial charge in [-0.2, -0.15) is 0 Å². The Labute approximate surface area is 142 Å². The van der Waals surface area contributed by atoms with Crippen molar-refractivity contribution in [1.82, 2.24) is 15.4 Å². The number of rotatable bonds is 3. The number of fused-ring (bicyclic) bond motifs is 1. The minimum atomic E-state index is -0.122. The molecule has 0 unspecified atom stereocenters. The third-order valence-corrected chi connectivity index (χ3v) is 4.46. The second kappa shape index (κ2) is 6.00. The molecule has 0 radical (unpaired) electrons. The minimum Gasteiger partial charge on any atom is -0.466 e. The van der Waals surface area contributed by atoms with Gasteiger partial charge in [-0.3, -0.25) is 0 Å². The number of aromatic nitrogens is 1. The van der Waals surface area contributed by atoms with Gasteiger partial charge in [-0.1, -0.05) is 19.0 Å². The van der Waals surface area contributed by atoms with Gasteiger partial charge in [-0.25, -0.2) is 4.79 Å². The number of nitrogens with zero attached hydrogens (tertiary/aromatic N) is 2. The summed E-state index contributed by atoms with van der Waals surface area (Å²) in [5, 5.41) is 7.08. The van der Waals surface area contributed by atoms with Crippen molar-refractivity contribution in [3.8, 4) is 0 Å². The lowest BCUT2D eigenvalue weighted by molar-refractivity contribution is 0.187. The molecule has 0 spiro atoms. The van der Waals surface area contributed by atoms with E-state index in [0.717, 1.165) is 41.4 Å². The first-order valence-electron chi connectivity index (χ1n) is 8.26. The molecule has 6 heteroatoms. The van der Waals surface area contributed by atoms with Crippen LogP contribution in [0.1, 0.15) is 54.8 Å². The van der Waals surface area contributed by atoms with Gasteiger partial charge in [-0.15, -0.1) is 0 Å². The summed E-state index contributed by atoms with van der Waals surface area (Å²) in [7, 11) is 1.76. The van der Waals surface area contributed by atoms with Crippen LogP contribution in [0.3, 0.4) is 0 Å². The molecule has 0 aliphatic heterocycles. The molecule has 2 heterocycles. The number of amides is 2. The third kappa shape index (κ3) is 3.47. The Bertz CT molecular complexity index is 745. The number of aryl methyl sites for hydroxylation is 2. The lowest BCUT2D eigenvalue weighted by Crippen LogP contribution is -2.42. The molecule has 1 aliphatic carbocycles. The average molecular weight is 331 g/mol. The standard InChI is InChI=1S/C18H25N3O3/c1-11-7-14-15(8-18(3,4)9-16(14)23-11)19-17(22)21(5)10-13-6-12(2)24-20-13/h6-7,15H,8-10H2,1-5H3,(H,19,22)/t15-/m1/s1. The Kier molecular flexibility index (Phi) is 4.15. The monoisotopic (exact) mass is 331 g/mol. The summed E-state index contributed by atoms with van der Waals surface area (Å²) in [6.07, 6.45) is 1.79. The van der Waals surface area contributed by atoms with Gasteiger partial charge in [0.15, 0.2) is 0 Å². The van der Waals surface area contributed by atoms with Crippen LogP contribution in [0.2, 0.25) is 0 Å². The van der Waals surface area contributed by atoms with Gasteiger partial charge in [0.05, 0.1) is 12.6 Å². The SMILES string of the molecule is Cc1cc(CN(C)C(=O)N[C@@H]2CC(C)(C)Cc3oc(C)cc32)no1. The lowest BCUT2D eigenvalue weighted by atomic mass is 9.75. The zero-order valence-electron chi connectivity index (χ0n) is 15.0. The molecule has 3 rings (SSSR count). The Morgan fingerprint density at radius 2 is 2.12 bits per heavy atom. The highest BCUT2D eigenvalue weighted by Crippen LogP contribution is 2.42. The van der Waals surface area contributed by atoms with E-state index >= 15 is 0 Å². The maximum absolute atomic E-state index is 12.6. The maximum Gasteiger partial charge on any atom is 0.317 e. The van der Waals surface area contributed by atoms with Crippen LogP contribution in [-0.4, -0.2) is 23.1 Å². The molecule has 2 aromatic heterocycles. The van der Waals surface area contributed by atoms with E-state index in [4.69, 9.17) is 8.94 Å². The third-order valence-electron chi connectivity index (χ3n) is 4.46. The van der Waals surface area contributed by atoms with Crippen LogP contribution in [0, 0.1) is 19.3 Å². The van der Waals surface area contributed by atoms with Crippen LogP contribution in [0.4, 0.5) is 4.79 Å². The summed E-state index contributed by atoms with van der Waals surface area (Å²) in [6.45, 7) is 8.60. The van der Waals surface area contributed by atoms with Crippen molar-refractivity contribution in [2.45, 2.75) is 53.1 Å². The Morgan fingerprint density at radius 1 is 1.38 bits per heavy atom. The first-order chi connectivity index (χ1) is 11.2. The molecular formula is C18H25N3O3. The summed E-state index contributed by atoms with van der Waals surface area (Å²) >= 11 is 0. The summed E-state index contributed by atoms with van der Waals surface area (Å²) in [6, 6.07) is 3.72. The Hall–Kier alpha value is -2.24. The van der Waals surface area contributed by atoms with Gasteiger partial charge in [-0.05, 0) is 31.7 Å². The average Bonchev–Trinajstić information content (AvgIpc) is 3.02. The van der Waals surface area contributed by atoms with Crippen LogP contribution in [0.25, 0.3) is 0 Å². The van der Waals surface area contributed by atoms with Crippen molar-refractivity contribution < 1.29 is 13.7 Å². The highest BCUT2D eigenvalue weighted by molar-refractivity contribution is 5.74. The zero-order valence-corrected chi connectivity index (χ0v) is 15.0. The van der Waals surface area contributed by atoms with E-state index in [2.05, 4.69) is 24.3 Å². The lowest BCUT2D eigenvalue weighted by Gasteiger charge is -2.35. The molecule has 0 saturated carbocycles. The number of hydrogen-bond donors (Lipinski definition) is 1. The summed E-state index contributed by atoms with van der Waals surface area (Å²) in [5.41, 5.74) is 1.94. The molecule has 1 atom stereocenters. The number of nitrogens with one attached hydrogen (secondary N) is 1. The minimum absolute atomic E-state index is 0.0322. The van der Waals surface area contributed by atoms with Crippen molar-refractivity contribution in [2.75, 3.05) is 7.05 Å². The predicted molar refractivity (Wildman–Crippen MR) is 89.5 cm³/mol. The molecule has 24 heavy (non-hydrogen) atoms. The molecule has 130 valence electrons. The van der Waals surface area contributed by atoms with Gasteiger partial charge < -0.3 is 19.2 Å². The molecular weight excluding hydrogens is 306 g/mol. The normalized spacial score (nSPS) is 19.0. The number of carbonyl (C=O) groups is 1. The van der Waals surface area contributed by atoms with E-state index in [1.165, 1.54) is 0 Å². The summed E-state index contributed by atoms with van der Waals surface area (Å²) in [5.74, 6) is 2.62. The van der Waals surface area contributed by atoms with Gasteiger partial charge in [0.2, 0.25) is 0 Å². The molecule has 0 saturated heterocycles. The smallest absolute Gasteiger partial charge is 0.317 e. The first-order valence-corrected chi connectivity index (χ1v) is 8.26. The van der Waals surface area contributed by atoms with Crippen molar-refractivity contribution in [3.05, 3.63) is 40.7 Å². The second-order valence-corrected chi connectivity index (χ2v) is 7.57. The quantitative estimate of drug-likeness (QED) is 0.930. The van der Waals surface area contributed by atoms with Gasteiger partial charge >= 0.3 is 6.03 Å². The first kappa shape index (κ1) is 16.6. The second-order valence-electron chi connectivity index (χ2n) is 7.57. The van der Waals surface area contributed by atoms with Gasteiger partial charge in [0.1, 0.15) is 23.0 Å². The van der Waals surface area contributed by atoms with E-state index in [1.54, 1.807) is 11.9 Å². The summed E-state index contributed by atoms with van der Waals surface area (Å²) < 4.78 is 10.9. The number of urea groups is 1. The fourth-order valence-electron chi connectivity index (χ4n) is 3.38. The van der Waals surface area contributed by atoms with Crippen molar-refractivity contribution in [1.29, 1.82) is 0 Å². The predicted octanol–water partition coefficient (Wildman–Crippen LogP) is 3.74. The summed E-state index contributed by atoms with van der Waals surface area (Å²) in [4.78, 5) is 14.2. The van der Waals surface area contributed by atoms with E-state index in [9.17, 15) is 4.79 Å². The van der Waals surface area contributed by atoms with Crippen molar-refractivity contribution in [3.63, 3.8) is 0 Å². The Balaban J connectivity index is 1.71. The van der Waals surface area contributed by atoms with Crippen LogP contribution < -0.4 is 5.32 Å². The molecule has 0 aromatic carbocycles. The number of carbonyl (C=O) groups excluding carboxylic acids is 1. The fourth-order valence-corrected chi connectivity index (χ4v) is 3.38. The molecule has 6 nitrogen and oxygen atoms in total. The van der Waals surface area contributed by atoms with E-state index in [-0.39, 0.29) is 17.5 Å². The largest absolute Gasteiger partial charge is 0.466 e. The van der Waals surface area contributed by atoms with Crippen LogP contribution in [-0.2, 0) is 13.0 Å². The van der Waals surface area contributed by atoms with Gasteiger partial charge in [0, 0.05) is 25.1 Å². The fraction of sp³-hybridized carbons (Fsp3) is 0.556. The molecule has 1 aliphatic rings. The molecule has 0 fully saturated rings. The maximum atomic E-state index is 12.6. The highest BCUT2D eigenvalue weighted by atomic mass is 16.5. The number of hydrogen-bond acceptors (Lipinski definition) is 4. The van der Waals surface area contributed by atoms with E-state index < -0.39 is 0 Å². The Morgan fingerprint density at radius 3 is 2.79 bits per heavy atom. The molecule has 0 bridgehead atoms. The van der Waals surface area contributed by atoms with E-state index in [0.29, 0.717) is 6.54 Å². The van der Waals surface area contributed by atoms with Crippen LogP contribution >= 0.6 is 0 Å². The van der Waals surface area contributed by atoms with Crippen molar-refractivity contribution >= 4 is 6.03 Å². The van der Waals surface area contributed by atoms with Gasteiger partial charge in [0.25, 0.3) is 0 Å². The zero-order chi connectivity index (χ0) is 17.5. The topological polar surface area (TPSA) is 71.5 Å². The molecule has 2 aromatic rings.